The van der Waals surface area contributed by atoms with Crippen LogP contribution in [0.4, 0.5) is 5.69 Å². The highest BCUT2D eigenvalue weighted by atomic mass is 16.5. The monoisotopic (exact) mass is 539 g/mol. The predicted molar refractivity (Wildman–Crippen MR) is 154 cm³/mol. The third kappa shape index (κ3) is 7.44. The van der Waals surface area contributed by atoms with Crippen LogP contribution in [0.15, 0.2) is 42.5 Å². The summed E-state index contributed by atoms with van der Waals surface area (Å²) in [6, 6.07) is 14.9. The van der Waals surface area contributed by atoms with Crippen molar-refractivity contribution in [3.05, 3.63) is 53.6 Å². The van der Waals surface area contributed by atoms with Crippen LogP contribution in [0.3, 0.4) is 0 Å². The Bertz CT molecular complexity index is 1070. The highest BCUT2D eigenvalue weighted by molar-refractivity contribution is 5.81. The number of benzene rings is 2. The van der Waals surface area contributed by atoms with E-state index in [1.54, 1.807) is 21.3 Å². The molecule has 1 saturated heterocycles. The van der Waals surface area contributed by atoms with Gasteiger partial charge < -0.3 is 34.5 Å². The SMILES string of the molecule is CNC(=O)C(C)(C)C[C@H]1C[C@H](c2ccc(OC)cc2)[C@@H](OCc2ccc3c(c2)N(CCCOC)CCO3)CN1. The van der Waals surface area contributed by atoms with Crippen LogP contribution >= 0.6 is 0 Å². The van der Waals surface area contributed by atoms with Gasteiger partial charge in [-0.2, -0.15) is 0 Å². The number of hydrogen-bond donors (Lipinski definition) is 2. The average molecular weight is 540 g/mol. The Balaban J connectivity index is 1.47. The molecule has 0 radical (unpaired) electrons. The summed E-state index contributed by atoms with van der Waals surface area (Å²) in [5.74, 6) is 2.04. The summed E-state index contributed by atoms with van der Waals surface area (Å²) >= 11 is 0. The Morgan fingerprint density at radius 3 is 2.69 bits per heavy atom. The van der Waals surface area contributed by atoms with Crippen molar-refractivity contribution < 1.29 is 23.7 Å². The normalized spacial score (nSPS) is 21.2. The molecule has 0 bridgehead atoms. The number of rotatable bonds is 12. The Morgan fingerprint density at radius 1 is 1.18 bits per heavy atom. The van der Waals surface area contributed by atoms with Gasteiger partial charge in [-0.15, -0.1) is 0 Å². The molecule has 2 N–H and O–H groups in total. The number of hydrogen-bond acceptors (Lipinski definition) is 7. The van der Waals surface area contributed by atoms with Crippen LogP contribution in [0, 0.1) is 5.41 Å². The fourth-order valence-electron chi connectivity index (χ4n) is 5.79. The number of carbonyl (C=O) groups excluding carboxylic acids is 1. The third-order valence-electron chi connectivity index (χ3n) is 7.96. The molecule has 2 aliphatic rings. The lowest BCUT2D eigenvalue weighted by Gasteiger charge is -2.40. The molecule has 2 heterocycles. The highest BCUT2D eigenvalue weighted by Crippen LogP contribution is 2.37. The molecule has 39 heavy (non-hydrogen) atoms. The summed E-state index contributed by atoms with van der Waals surface area (Å²) in [7, 11) is 5.13. The van der Waals surface area contributed by atoms with Crippen molar-refractivity contribution in [2.45, 2.75) is 57.8 Å². The van der Waals surface area contributed by atoms with E-state index in [-0.39, 0.29) is 24.0 Å². The van der Waals surface area contributed by atoms with Crippen molar-refractivity contribution in [1.82, 2.24) is 10.6 Å². The summed E-state index contributed by atoms with van der Waals surface area (Å²) < 4.78 is 23.2. The van der Waals surface area contributed by atoms with Crippen molar-refractivity contribution in [2.24, 2.45) is 5.41 Å². The second-order valence-electron chi connectivity index (χ2n) is 11.2. The zero-order valence-electron chi connectivity index (χ0n) is 24.1. The lowest BCUT2D eigenvalue weighted by atomic mass is 9.77. The second-order valence-corrected chi connectivity index (χ2v) is 11.2. The minimum absolute atomic E-state index is 0.00264. The zero-order valence-corrected chi connectivity index (χ0v) is 24.1. The van der Waals surface area contributed by atoms with Crippen LogP contribution in [0.5, 0.6) is 11.5 Å². The van der Waals surface area contributed by atoms with Gasteiger partial charge in [0.1, 0.15) is 18.1 Å². The Kier molecular flexibility index (Phi) is 10.1. The van der Waals surface area contributed by atoms with Gasteiger partial charge in [-0.3, -0.25) is 4.79 Å². The lowest BCUT2D eigenvalue weighted by Crippen LogP contribution is -2.50. The Hall–Kier alpha value is -2.81. The molecule has 1 amide bonds. The van der Waals surface area contributed by atoms with E-state index < -0.39 is 5.41 Å². The summed E-state index contributed by atoms with van der Waals surface area (Å²) in [6.45, 7) is 8.53. The smallest absolute Gasteiger partial charge is 0.225 e. The molecular formula is C31H45N3O5. The average Bonchev–Trinajstić information content (AvgIpc) is 2.96. The van der Waals surface area contributed by atoms with Crippen molar-refractivity contribution in [3.8, 4) is 11.5 Å². The fraction of sp³-hybridized carbons (Fsp3) is 0.581. The van der Waals surface area contributed by atoms with Gasteiger partial charge in [0, 0.05) is 51.2 Å². The van der Waals surface area contributed by atoms with Crippen LogP contribution in [0.2, 0.25) is 0 Å². The molecule has 4 rings (SSSR count). The number of amides is 1. The van der Waals surface area contributed by atoms with Gasteiger partial charge in [-0.1, -0.05) is 32.0 Å². The fourth-order valence-corrected chi connectivity index (χ4v) is 5.79. The van der Waals surface area contributed by atoms with Gasteiger partial charge in [-0.25, -0.2) is 0 Å². The van der Waals surface area contributed by atoms with E-state index in [4.69, 9.17) is 18.9 Å². The van der Waals surface area contributed by atoms with Crippen molar-refractivity contribution >= 4 is 11.6 Å². The van der Waals surface area contributed by atoms with Crippen LogP contribution in [0.1, 0.15) is 50.2 Å². The number of piperidine rings is 1. The Labute approximate surface area is 233 Å². The van der Waals surface area contributed by atoms with Gasteiger partial charge in [0.2, 0.25) is 5.91 Å². The number of carbonyl (C=O) groups is 1. The van der Waals surface area contributed by atoms with Gasteiger partial charge in [0.25, 0.3) is 0 Å². The molecule has 214 valence electrons. The molecular weight excluding hydrogens is 494 g/mol. The van der Waals surface area contributed by atoms with E-state index in [2.05, 4.69) is 45.9 Å². The van der Waals surface area contributed by atoms with E-state index in [1.807, 2.05) is 26.0 Å². The molecule has 0 aromatic heterocycles. The number of nitrogens with zero attached hydrogens (tertiary/aromatic N) is 1. The molecule has 2 aromatic carbocycles. The van der Waals surface area contributed by atoms with Gasteiger partial charge in [-0.05, 0) is 54.7 Å². The number of fused-ring (bicyclic) bond motifs is 1. The number of anilines is 1. The maximum atomic E-state index is 12.5. The molecule has 2 aromatic rings. The second kappa shape index (κ2) is 13.5. The van der Waals surface area contributed by atoms with Gasteiger partial charge in [0.15, 0.2) is 0 Å². The van der Waals surface area contributed by atoms with Crippen LogP contribution in [-0.4, -0.2) is 72.2 Å². The molecule has 8 heteroatoms. The van der Waals surface area contributed by atoms with E-state index in [1.165, 1.54) is 5.56 Å². The van der Waals surface area contributed by atoms with E-state index >= 15 is 0 Å². The Morgan fingerprint density at radius 2 is 1.97 bits per heavy atom. The standard InChI is InChI=1S/C31H45N3O5/c1-31(2,30(35)32-3)19-24-18-26(23-8-10-25(37-5)11-9-23)29(20-33-24)39-21-22-7-12-28-27(17-22)34(14-16-38-28)13-6-15-36-4/h7-12,17,24,26,29,33H,6,13-16,18-21H2,1-5H3,(H,32,35)/t24-,26-,29+/m1/s1. The first kappa shape index (κ1) is 29.2. The first-order valence-corrected chi connectivity index (χ1v) is 14.1. The largest absolute Gasteiger partial charge is 0.497 e. The van der Waals surface area contributed by atoms with E-state index in [0.717, 1.165) is 68.3 Å². The summed E-state index contributed by atoms with van der Waals surface area (Å²) in [6.07, 6.45) is 2.63. The minimum Gasteiger partial charge on any atom is -0.497 e. The van der Waals surface area contributed by atoms with Crippen molar-refractivity contribution in [1.29, 1.82) is 0 Å². The van der Waals surface area contributed by atoms with E-state index in [0.29, 0.717) is 13.2 Å². The van der Waals surface area contributed by atoms with Gasteiger partial charge in [0.05, 0.1) is 32.1 Å². The zero-order chi connectivity index (χ0) is 27.8. The van der Waals surface area contributed by atoms with Crippen molar-refractivity contribution in [2.75, 3.05) is 59.0 Å². The quantitative estimate of drug-likeness (QED) is 0.393. The molecule has 2 aliphatic heterocycles. The van der Waals surface area contributed by atoms with Crippen molar-refractivity contribution in [3.63, 3.8) is 0 Å². The molecule has 0 saturated carbocycles. The molecule has 0 spiro atoms. The lowest BCUT2D eigenvalue weighted by molar-refractivity contribution is -0.129. The summed E-state index contributed by atoms with van der Waals surface area (Å²) in [4.78, 5) is 14.8. The molecule has 0 aliphatic carbocycles. The first-order valence-electron chi connectivity index (χ1n) is 14.1. The molecule has 3 atom stereocenters. The van der Waals surface area contributed by atoms with Crippen LogP contribution in [0.25, 0.3) is 0 Å². The first-order chi connectivity index (χ1) is 18.8. The maximum absolute atomic E-state index is 12.5. The third-order valence-corrected chi connectivity index (χ3v) is 7.96. The van der Waals surface area contributed by atoms with Crippen LogP contribution < -0.4 is 25.0 Å². The molecule has 1 fully saturated rings. The van der Waals surface area contributed by atoms with E-state index in [9.17, 15) is 4.79 Å². The number of nitrogens with one attached hydrogen (secondary N) is 2. The topological polar surface area (TPSA) is 81.3 Å². The molecule has 0 unspecified atom stereocenters. The summed E-state index contributed by atoms with van der Waals surface area (Å²) in [5, 5.41) is 6.49. The predicted octanol–water partition coefficient (Wildman–Crippen LogP) is 4.12. The number of ether oxygens (including phenoxy) is 4. The van der Waals surface area contributed by atoms with Crippen LogP contribution in [-0.2, 0) is 20.9 Å². The summed E-state index contributed by atoms with van der Waals surface area (Å²) in [5.41, 5.74) is 3.04. The highest BCUT2D eigenvalue weighted by Gasteiger charge is 2.37. The number of methoxy groups -OCH3 is 2. The molecule has 8 nitrogen and oxygen atoms in total. The minimum atomic E-state index is -0.453. The van der Waals surface area contributed by atoms with Gasteiger partial charge >= 0.3 is 0 Å². The maximum Gasteiger partial charge on any atom is 0.225 e.